The molecule has 0 spiro atoms. The Kier molecular flexibility index (Phi) is 19.4. The highest BCUT2D eigenvalue weighted by atomic mass is 14.2. The van der Waals surface area contributed by atoms with Crippen LogP contribution in [0.4, 0.5) is 0 Å². The molecule has 0 heterocycles. The molecule has 0 saturated carbocycles. The molecule has 25 heavy (non-hydrogen) atoms. The van der Waals surface area contributed by atoms with E-state index in [2.05, 4.69) is 39.5 Å². The molecule has 0 aromatic rings. The summed E-state index contributed by atoms with van der Waals surface area (Å²) >= 11 is 0. The topological polar surface area (TPSA) is 0 Å². The van der Waals surface area contributed by atoms with E-state index in [0.717, 1.165) is 5.92 Å². The zero-order valence-electron chi connectivity index (χ0n) is 18.0. The molecule has 0 N–H and O–H groups in total. The second-order valence-corrected chi connectivity index (χ2v) is 7.93. The SMILES string of the molecule is C=C(/C=C/CCCCCC)C(CCCCCC)CCCCCCCC. The average Bonchev–Trinajstić information content (AvgIpc) is 2.62. The lowest BCUT2D eigenvalue weighted by atomic mass is 9.88. The summed E-state index contributed by atoms with van der Waals surface area (Å²) in [6, 6.07) is 0. The molecular formula is C25H48. The van der Waals surface area contributed by atoms with E-state index in [-0.39, 0.29) is 0 Å². The van der Waals surface area contributed by atoms with E-state index in [1.807, 2.05) is 0 Å². The molecule has 0 aliphatic rings. The predicted molar refractivity (Wildman–Crippen MR) is 117 cm³/mol. The number of hydrogen-bond donors (Lipinski definition) is 0. The normalized spacial score (nSPS) is 12.8. The van der Waals surface area contributed by atoms with Gasteiger partial charge in [0.05, 0.1) is 0 Å². The summed E-state index contributed by atoms with van der Waals surface area (Å²) in [7, 11) is 0. The third-order valence-corrected chi connectivity index (χ3v) is 5.39. The molecule has 0 aliphatic carbocycles. The Morgan fingerprint density at radius 1 is 0.640 bits per heavy atom. The van der Waals surface area contributed by atoms with Crippen molar-refractivity contribution in [2.24, 2.45) is 5.92 Å². The van der Waals surface area contributed by atoms with E-state index in [9.17, 15) is 0 Å². The van der Waals surface area contributed by atoms with Crippen molar-refractivity contribution < 1.29 is 0 Å². The van der Waals surface area contributed by atoms with Gasteiger partial charge in [0, 0.05) is 0 Å². The molecule has 0 nitrogen and oxygen atoms in total. The predicted octanol–water partition coefficient (Wildman–Crippen LogP) is 9.41. The summed E-state index contributed by atoms with van der Waals surface area (Å²) in [4.78, 5) is 0. The Morgan fingerprint density at radius 3 is 1.64 bits per heavy atom. The van der Waals surface area contributed by atoms with Crippen molar-refractivity contribution in [3.8, 4) is 0 Å². The van der Waals surface area contributed by atoms with Crippen LogP contribution in [0, 0.1) is 5.92 Å². The third-order valence-electron chi connectivity index (χ3n) is 5.39. The molecule has 0 aromatic carbocycles. The molecule has 0 aromatic heterocycles. The van der Waals surface area contributed by atoms with Crippen LogP contribution in [0.25, 0.3) is 0 Å². The van der Waals surface area contributed by atoms with E-state index < -0.39 is 0 Å². The molecule has 0 heteroatoms. The summed E-state index contributed by atoms with van der Waals surface area (Å²) in [6.07, 6.45) is 28.1. The fraction of sp³-hybridized carbons (Fsp3) is 0.840. The highest BCUT2D eigenvalue weighted by Crippen LogP contribution is 2.25. The first-order valence-electron chi connectivity index (χ1n) is 11.6. The van der Waals surface area contributed by atoms with Crippen LogP contribution < -0.4 is 0 Å². The number of rotatable bonds is 19. The monoisotopic (exact) mass is 348 g/mol. The maximum Gasteiger partial charge on any atom is -0.0168 e. The molecule has 0 amide bonds. The highest BCUT2D eigenvalue weighted by molar-refractivity contribution is 5.17. The lowest BCUT2D eigenvalue weighted by Gasteiger charge is -2.17. The first-order chi connectivity index (χ1) is 12.3. The summed E-state index contributed by atoms with van der Waals surface area (Å²) in [5.41, 5.74) is 1.40. The summed E-state index contributed by atoms with van der Waals surface area (Å²) in [5.74, 6) is 0.731. The van der Waals surface area contributed by atoms with Crippen molar-refractivity contribution in [3.05, 3.63) is 24.3 Å². The fourth-order valence-corrected chi connectivity index (χ4v) is 3.56. The van der Waals surface area contributed by atoms with Crippen molar-refractivity contribution in [1.82, 2.24) is 0 Å². The van der Waals surface area contributed by atoms with Gasteiger partial charge in [-0.05, 0) is 31.6 Å². The highest BCUT2D eigenvalue weighted by Gasteiger charge is 2.10. The lowest BCUT2D eigenvalue weighted by molar-refractivity contribution is 0.458. The zero-order chi connectivity index (χ0) is 18.6. The Hall–Kier alpha value is -0.520. The van der Waals surface area contributed by atoms with Crippen molar-refractivity contribution in [1.29, 1.82) is 0 Å². The molecule has 0 fully saturated rings. The van der Waals surface area contributed by atoms with Crippen LogP contribution >= 0.6 is 0 Å². The van der Waals surface area contributed by atoms with Gasteiger partial charge in [-0.25, -0.2) is 0 Å². The van der Waals surface area contributed by atoms with Crippen LogP contribution in [0.2, 0.25) is 0 Å². The smallest absolute Gasteiger partial charge is 0.0168 e. The molecule has 0 aliphatic heterocycles. The van der Waals surface area contributed by atoms with Crippen LogP contribution in [0.5, 0.6) is 0 Å². The molecule has 0 bridgehead atoms. The van der Waals surface area contributed by atoms with E-state index in [1.165, 1.54) is 115 Å². The van der Waals surface area contributed by atoms with Gasteiger partial charge < -0.3 is 0 Å². The minimum Gasteiger partial charge on any atom is -0.0956 e. The van der Waals surface area contributed by atoms with Gasteiger partial charge >= 0.3 is 0 Å². The van der Waals surface area contributed by atoms with E-state index in [1.54, 1.807) is 0 Å². The second kappa shape index (κ2) is 19.8. The Bertz CT molecular complexity index is 299. The number of unbranched alkanes of at least 4 members (excludes halogenated alkanes) is 12. The summed E-state index contributed by atoms with van der Waals surface area (Å²) in [6.45, 7) is 11.3. The Labute approximate surface area is 160 Å². The average molecular weight is 349 g/mol. The van der Waals surface area contributed by atoms with Crippen molar-refractivity contribution in [3.63, 3.8) is 0 Å². The number of allylic oxidation sites excluding steroid dienone is 3. The molecule has 148 valence electrons. The minimum atomic E-state index is 0.731. The van der Waals surface area contributed by atoms with Gasteiger partial charge in [0.15, 0.2) is 0 Å². The van der Waals surface area contributed by atoms with Gasteiger partial charge in [-0.2, -0.15) is 0 Å². The lowest BCUT2D eigenvalue weighted by Crippen LogP contribution is -2.03. The Balaban J connectivity index is 4.11. The van der Waals surface area contributed by atoms with Crippen molar-refractivity contribution in [2.75, 3.05) is 0 Å². The quantitative estimate of drug-likeness (QED) is 0.161. The maximum atomic E-state index is 4.43. The number of hydrogen-bond acceptors (Lipinski definition) is 0. The van der Waals surface area contributed by atoms with E-state index in [0.29, 0.717) is 0 Å². The van der Waals surface area contributed by atoms with Gasteiger partial charge in [0.25, 0.3) is 0 Å². The summed E-state index contributed by atoms with van der Waals surface area (Å²) in [5, 5.41) is 0. The minimum absolute atomic E-state index is 0.731. The van der Waals surface area contributed by atoms with Crippen molar-refractivity contribution >= 4 is 0 Å². The van der Waals surface area contributed by atoms with Gasteiger partial charge in [-0.3, -0.25) is 0 Å². The molecular weight excluding hydrogens is 300 g/mol. The van der Waals surface area contributed by atoms with Crippen LogP contribution in [0.3, 0.4) is 0 Å². The van der Waals surface area contributed by atoms with Crippen LogP contribution in [-0.2, 0) is 0 Å². The molecule has 0 saturated heterocycles. The largest absolute Gasteiger partial charge is 0.0956 e. The maximum absolute atomic E-state index is 4.43. The van der Waals surface area contributed by atoms with E-state index >= 15 is 0 Å². The van der Waals surface area contributed by atoms with Crippen LogP contribution in [0.1, 0.15) is 130 Å². The molecule has 1 unspecified atom stereocenters. The van der Waals surface area contributed by atoms with Gasteiger partial charge in [-0.15, -0.1) is 0 Å². The van der Waals surface area contributed by atoms with Crippen LogP contribution in [0.15, 0.2) is 24.3 Å². The molecule has 1 atom stereocenters. The zero-order valence-corrected chi connectivity index (χ0v) is 18.0. The van der Waals surface area contributed by atoms with Crippen LogP contribution in [-0.4, -0.2) is 0 Å². The third kappa shape index (κ3) is 16.7. The standard InChI is InChI=1S/C25H48/c1-5-8-11-14-16-18-21-24(4)25(22-19-13-10-7-3)23-20-17-15-12-9-6-2/h18,21,25H,4-17,19-20,22-23H2,1-3H3/b21-18+. The Morgan fingerprint density at radius 2 is 1.08 bits per heavy atom. The van der Waals surface area contributed by atoms with Gasteiger partial charge in [0.2, 0.25) is 0 Å². The fourth-order valence-electron chi connectivity index (χ4n) is 3.56. The van der Waals surface area contributed by atoms with E-state index in [4.69, 9.17) is 0 Å². The molecule has 0 rings (SSSR count). The van der Waals surface area contributed by atoms with Crippen molar-refractivity contribution in [2.45, 2.75) is 130 Å². The molecule has 0 radical (unpaired) electrons. The second-order valence-electron chi connectivity index (χ2n) is 7.93. The van der Waals surface area contributed by atoms with Gasteiger partial charge in [-0.1, -0.05) is 129 Å². The van der Waals surface area contributed by atoms with Gasteiger partial charge in [0.1, 0.15) is 0 Å². The summed E-state index contributed by atoms with van der Waals surface area (Å²) < 4.78 is 0. The first kappa shape index (κ1) is 24.5. The first-order valence-corrected chi connectivity index (χ1v) is 11.6.